The van der Waals surface area contributed by atoms with E-state index < -0.39 is 0 Å². The van der Waals surface area contributed by atoms with Crippen LogP contribution in [0.25, 0.3) is 0 Å². The van der Waals surface area contributed by atoms with E-state index in [1.807, 2.05) is 7.05 Å². The second kappa shape index (κ2) is 9.15. The van der Waals surface area contributed by atoms with Gasteiger partial charge >= 0.3 is 0 Å². The predicted octanol–water partition coefficient (Wildman–Crippen LogP) is 2.11. The van der Waals surface area contributed by atoms with Crippen molar-refractivity contribution in [2.45, 2.75) is 49.6 Å². The third-order valence-electron chi connectivity index (χ3n) is 4.02. The van der Waals surface area contributed by atoms with Crippen molar-refractivity contribution < 1.29 is 9.53 Å². The molecule has 124 valence electrons. The number of hydrogen-bond donors (Lipinski definition) is 1. The van der Waals surface area contributed by atoms with Gasteiger partial charge in [-0.1, -0.05) is 31.0 Å². The van der Waals surface area contributed by atoms with E-state index in [-0.39, 0.29) is 5.91 Å². The fourth-order valence-corrected chi connectivity index (χ4v) is 3.54. The molecule has 1 aromatic heterocycles. The lowest BCUT2D eigenvalue weighted by molar-refractivity contribution is -0.118. The summed E-state index contributed by atoms with van der Waals surface area (Å²) in [5.74, 6) is 2.01. The summed E-state index contributed by atoms with van der Waals surface area (Å²) in [6.07, 6.45) is 7.14. The lowest BCUT2D eigenvalue weighted by Gasteiger charge is -2.20. The maximum absolute atomic E-state index is 11.8. The average Bonchev–Trinajstić information content (AvgIpc) is 2.91. The molecule has 1 aliphatic rings. The fraction of sp³-hybridized carbons (Fsp3) is 0.800. The van der Waals surface area contributed by atoms with Gasteiger partial charge in [0.2, 0.25) is 5.91 Å². The normalized spacial score (nSPS) is 15.9. The first-order valence-electron chi connectivity index (χ1n) is 8.00. The van der Waals surface area contributed by atoms with Crippen LogP contribution >= 0.6 is 11.8 Å². The molecule has 22 heavy (non-hydrogen) atoms. The molecular formula is C15H26N4O2S. The number of methoxy groups -OCH3 is 1. The van der Waals surface area contributed by atoms with Crippen molar-refractivity contribution in [3.05, 3.63) is 5.82 Å². The minimum absolute atomic E-state index is 0.0309. The van der Waals surface area contributed by atoms with Crippen molar-refractivity contribution in [3.8, 4) is 0 Å². The molecule has 0 aliphatic heterocycles. The van der Waals surface area contributed by atoms with Crippen molar-refractivity contribution in [1.82, 2.24) is 20.1 Å². The van der Waals surface area contributed by atoms with Gasteiger partial charge in [0.1, 0.15) is 5.82 Å². The van der Waals surface area contributed by atoms with Gasteiger partial charge in [0.25, 0.3) is 0 Å². The number of amides is 1. The first kappa shape index (κ1) is 17.3. The molecular weight excluding hydrogens is 300 g/mol. The zero-order chi connectivity index (χ0) is 15.8. The minimum atomic E-state index is 0.0309. The summed E-state index contributed by atoms with van der Waals surface area (Å²) in [7, 11) is 3.67. The molecule has 1 amide bonds. The molecule has 0 saturated heterocycles. The summed E-state index contributed by atoms with van der Waals surface area (Å²) >= 11 is 1.45. The Bertz CT molecular complexity index is 472. The number of carbonyl (C=O) groups is 1. The topological polar surface area (TPSA) is 69.0 Å². The molecule has 1 aliphatic carbocycles. The second-order valence-corrected chi connectivity index (χ2v) is 6.66. The Morgan fingerprint density at radius 3 is 2.86 bits per heavy atom. The van der Waals surface area contributed by atoms with Gasteiger partial charge in [-0.15, -0.1) is 10.2 Å². The summed E-state index contributed by atoms with van der Waals surface area (Å²) in [6.45, 7) is 1.32. The molecule has 1 heterocycles. The molecule has 1 aromatic rings. The van der Waals surface area contributed by atoms with E-state index in [0.29, 0.717) is 24.8 Å². The summed E-state index contributed by atoms with van der Waals surface area (Å²) in [6, 6.07) is 0. The van der Waals surface area contributed by atoms with E-state index in [2.05, 4.69) is 20.1 Å². The Labute approximate surface area is 136 Å². The highest BCUT2D eigenvalue weighted by Crippen LogP contribution is 2.32. The number of thioether (sulfide) groups is 1. The van der Waals surface area contributed by atoms with Gasteiger partial charge in [-0.3, -0.25) is 4.79 Å². The Kier molecular flexibility index (Phi) is 7.18. The molecule has 0 radical (unpaired) electrons. The van der Waals surface area contributed by atoms with E-state index in [1.165, 1.54) is 43.9 Å². The van der Waals surface area contributed by atoms with Crippen LogP contribution in [0.4, 0.5) is 0 Å². The van der Waals surface area contributed by atoms with Crippen molar-refractivity contribution in [1.29, 1.82) is 0 Å². The van der Waals surface area contributed by atoms with Gasteiger partial charge in [0.15, 0.2) is 5.16 Å². The maximum Gasteiger partial charge on any atom is 0.230 e. The van der Waals surface area contributed by atoms with Gasteiger partial charge < -0.3 is 14.6 Å². The molecule has 7 heteroatoms. The van der Waals surface area contributed by atoms with E-state index in [9.17, 15) is 4.79 Å². The Morgan fingerprint density at radius 2 is 2.14 bits per heavy atom. The third-order valence-corrected chi connectivity index (χ3v) is 5.04. The van der Waals surface area contributed by atoms with Gasteiger partial charge in [-0.05, 0) is 19.3 Å². The minimum Gasteiger partial charge on any atom is -0.385 e. The number of hydrogen-bond acceptors (Lipinski definition) is 5. The molecule has 1 N–H and O–H groups in total. The number of nitrogens with one attached hydrogen (secondary N) is 1. The van der Waals surface area contributed by atoms with Crippen LogP contribution in [-0.4, -0.2) is 46.7 Å². The Balaban J connectivity index is 1.78. The molecule has 0 atom stereocenters. The van der Waals surface area contributed by atoms with Crippen LogP contribution in [0.15, 0.2) is 5.16 Å². The van der Waals surface area contributed by atoms with Crippen molar-refractivity contribution in [2.75, 3.05) is 26.0 Å². The van der Waals surface area contributed by atoms with E-state index in [0.717, 1.165) is 17.4 Å². The van der Waals surface area contributed by atoms with Gasteiger partial charge in [0.05, 0.1) is 5.75 Å². The summed E-state index contributed by atoms with van der Waals surface area (Å²) in [5, 5.41) is 12.3. The number of nitrogens with zero attached hydrogens (tertiary/aromatic N) is 3. The molecule has 0 unspecified atom stereocenters. The van der Waals surface area contributed by atoms with Crippen molar-refractivity contribution in [2.24, 2.45) is 7.05 Å². The van der Waals surface area contributed by atoms with E-state index >= 15 is 0 Å². The lowest BCUT2D eigenvalue weighted by atomic mass is 9.89. The smallest absolute Gasteiger partial charge is 0.230 e. The van der Waals surface area contributed by atoms with Gasteiger partial charge in [-0.25, -0.2) is 0 Å². The van der Waals surface area contributed by atoms with Crippen LogP contribution in [0.5, 0.6) is 0 Å². The second-order valence-electron chi connectivity index (χ2n) is 5.72. The first-order valence-corrected chi connectivity index (χ1v) is 8.98. The highest BCUT2D eigenvalue weighted by Gasteiger charge is 2.22. The number of rotatable bonds is 8. The Hall–Kier alpha value is -1.08. The maximum atomic E-state index is 11.8. The average molecular weight is 326 g/mol. The summed E-state index contributed by atoms with van der Waals surface area (Å²) < 4.78 is 7.01. The van der Waals surface area contributed by atoms with Crippen LogP contribution < -0.4 is 5.32 Å². The molecule has 1 fully saturated rings. The highest BCUT2D eigenvalue weighted by molar-refractivity contribution is 7.99. The molecule has 0 spiro atoms. The SMILES string of the molecule is COCCCNC(=O)CSc1nnc(C2CCCCC2)n1C. The van der Waals surface area contributed by atoms with Crippen LogP contribution in [-0.2, 0) is 16.6 Å². The number of carbonyl (C=O) groups excluding carboxylic acids is 1. The zero-order valence-electron chi connectivity index (χ0n) is 13.5. The van der Waals surface area contributed by atoms with Gasteiger partial charge in [0, 0.05) is 33.2 Å². The molecule has 0 aromatic carbocycles. The largest absolute Gasteiger partial charge is 0.385 e. The Morgan fingerprint density at radius 1 is 1.36 bits per heavy atom. The molecule has 6 nitrogen and oxygen atoms in total. The van der Waals surface area contributed by atoms with Crippen LogP contribution in [0.1, 0.15) is 50.3 Å². The van der Waals surface area contributed by atoms with Crippen molar-refractivity contribution in [3.63, 3.8) is 0 Å². The van der Waals surface area contributed by atoms with Crippen molar-refractivity contribution >= 4 is 17.7 Å². The predicted molar refractivity (Wildman–Crippen MR) is 87.1 cm³/mol. The first-order chi connectivity index (χ1) is 10.7. The van der Waals surface area contributed by atoms with Gasteiger partial charge in [-0.2, -0.15) is 0 Å². The van der Waals surface area contributed by atoms with Crippen LogP contribution in [0.3, 0.4) is 0 Å². The number of ether oxygens (including phenoxy) is 1. The molecule has 1 saturated carbocycles. The summed E-state index contributed by atoms with van der Waals surface area (Å²) in [5.41, 5.74) is 0. The highest BCUT2D eigenvalue weighted by atomic mass is 32.2. The van der Waals surface area contributed by atoms with E-state index in [4.69, 9.17) is 4.74 Å². The van der Waals surface area contributed by atoms with Crippen LogP contribution in [0, 0.1) is 0 Å². The number of aromatic nitrogens is 3. The van der Waals surface area contributed by atoms with Crippen LogP contribution in [0.2, 0.25) is 0 Å². The molecule has 0 bridgehead atoms. The fourth-order valence-electron chi connectivity index (χ4n) is 2.79. The third kappa shape index (κ3) is 4.98. The van der Waals surface area contributed by atoms with E-state index in [1.54, 1.807) is 7.11 Å². The zero-order valence-corrected chi connectivity index (χ0v) is 14.3. The molecule has 2 rings (SSSR count). The summed E-state index contributed by atoms with van der Waals surface area (Å²) in [4.78, 5) is 11.8. The quantitative estimate of drug-likeness (QED) is 0.585. The monoisotopic (exact) mass is 326 g/mol. The standard InChI is InChI=1S/C15H26N4O2S/c1-19-14(12-7-4-3-5-8-12)17-18-15(19)22-11-13(20)16-9-6-10-21-2/h12H,3-11H2,1-2H3,(H,16,20). The lowest BCUT2D eigenvalue weighted by Crippen LogP contribution is -2.26.